The van der Waals surface area contributed by atoms with E-state index in [1.807, 2.05) is 6.92 Å². The zero-order valence-electron chi connectivity index (χ0n) is 13.6. The fourth-order valence-electron chi connectivity index (χ4n) is 3.28. The van der Waals surface area contributed by atoms with E-state index in [1.165, 1.54) is 0 Å². The third-order valence-electron chi connectivity index (χ3n) is 4.51. The average molecular weight is 320 g/mol. The van der Waals surface area contributed by atoms with Crippen LogP contribution < -0.4 is 4.90 Å². The number of ether oxygens (including phenoxy) is 1. The van der Waals surface area contributed by atoms with Crippen molar-refractivity contribution in [3.05, 3.63) is 17.6 Å². The second-order valence-electron chi connectivity index (χ2n) is 6.13. The van der Waals surface area contributed by atoms with Gasteiger partial charge in [-0.05, 0) is 19.8 Å². The number of hydrogen-bond donors (Lipinski definition) is 1. The maximum absolute atomic E-state index is 11.7. The van der Waals surface area contributed by atoms with E-state index >= 15 is 0 Å². The van der Waals surface area contributed by atoms with Crippen LogP contribution in [0.1, 0.15) is 30.3 Å². The van der Waals surface area contributed by atoms with E-state index in [9.17, 15) is 4.79 Å². The van der Waals surface area contributed by atoms with E-state index < -0.39 is 6.61 Å². The van der Waals surface area contributed by atoms with Gasteiger partial charge in [-0.3, -0.25) is 4.79 Å². The average Bonchev–Trinajstić information content (AvgIpc) is 2.61. The van der Waals surface area contributed by atoms with Crippen LogP contribution in [-0.4, -0.2) is 71.9 Å². The van der Waals surface area contributed by atoms with Gasteiger partial charge >= 0.3 is 0 Å². The largest absolute Gasteiger partial charge is 0.387 e. The molecule has 2 saturated heterocycles. The number of aromatic nitrogens is 2. The standard InChI is InChI=1S/C16H24N4O3/c1-12-17-14(9-15(18-12)19-5-7-23-8-6-19)13-3-2-4-20(10-13)16(22)11-21/h9,13,21H,2-8,10-11H2,1H3. The number of amides is 1. The molecule has 2 aliphatic heterocycles. The van der Waals surface area contributed by atoms with Crippen LogP contribution in [-0.2, 0) is 9.53 Å². The van der Waals surface area contributed by atoms with Crippen molar-refractivity contribution < 1.29 is 14.6 Å². The molecule has 126 valence electrons. The van der Waals surface area contributed by atoms with Crippen LogP contribution in [0.25, 0.3) is 0 Å². The summed E-state index contributed by atoms with van der Waals surface area (Å²) in [4.78, 5) is 24.9. The number of likely N-dealkylation sites (tertiary alicyclic amines) is 1. The van der Waals surface area contributed by atoms with Gasteiger partial charge < -0.3 is 19.6 Å². The number of hydrogen-bond acceptors (Lipinski definition) is 6. The molecular weight excluding hydrogens is 296 g/mol. The number of carbonyl (C=O) groups excluding carboxylic acids is 1. The Morgan fingerprint density at radius 2 is 2.13 bits per heavy atom. The second-order valence-corrected chi connectivity index (χ2v) is 6.13. The van der Waals surface area contributed by atoms with Gasteiger partial charge in [-0.2, -0.15) is 0 Å². The van der Waals surface area contributed by atoms with Crippen LogP contribution in [0.5, 0.6) is 0 Å². The molecule has 0 spiro atoms. The first kappa shape index (κ1) is 16.1. The van der Waals surface area contributed by atoms with E-state index in [1.54, 1.807) is 4.90 Å². The highest BCUT2D eigenvalue weighted by Crippen LogP contribution is 2.28. The van der Waals surface area contributed by atoms with Crippen molar-refractivity contribution in [3.63, 3.8) is 0 Å². The molecule has 2 fully saturated rings. The summed E-state index contributed by atoms with van der Waals surface area (Å²) in [6, 6.07) is 2.05. The van der Waals surface area contributed by atoms with Crippen LogP contribution in [0.15, 0.2) is 6.07 Å². The van der Waals surface area contributed by atoms with Gasteiger partial charge in [0.05, 0.1) is 18.9 Å². The molecule has 1 N–H and O–H groups in total. The Labute approximate surface area is 136 Å². The Morgan fingerprint density at radius 1 is 1.35 bits per heavy atom. The number of anilines is 1. The van der Waals surface area contributed by atoms with Crippen molar-refractivity contribution in [1.29, 1.82) is 0 Å². The lowest BCUT2D eigenvalue weighted by Gasteiger charge is -2.33. The van der Waals surface area contributed by atoms with Crippen molar-refractivity contribution in [2.45, 2.75) is 25.7 Å². The monoisotopic (exact) mass is 320 g/mol. The third-order valence-corrected chi connectivity index (χ3v) is 4.51. The maximum Gasteiger partial charge on any atom is 0.248 e. The summed E-state index contributed by atoms with van der Waals surface area (Å²) in [7, 11) is 0. The van der Waals surface area contributed by atoms with Crippen molar-refractivity contribution in [1.82, 2.24) is 14.9 Å². The summed E-state index contributed by atoms with van der Waals surface area (Å²) < 4.78 is 5.40. The van der Waals surface area contributed by atoms with Gasteiger partial charge in [0.15, 0.2) is 0 Å². The number of aryl methyl sites for hydroxylation is 1. The van der Waals surface area contributed by atoms with Gasteiger partial charge in [-0.1, -0.05) is 0 Å². The number of aliphatic hydroxyl groups excluding tert-OH is 1. The fourth-order valence-corrected chi connectivity index (χ4v) is 3.28. The van der Waals surface area contributed by atoms with Crippen molar-refractivity contribution in [3.8, 4) is 0 Å². The first-order chi connectivity index (χ1) is 11.2. The van der Waals surface area contributed by atoms with Crippen LogP contribution in [0.3, 0.4) is 0 Å². The van der Waals surface area contributed by atoms with E-state index in [0.717, 1.165) is 63.0 Å². The second kappa shape index (κ2) is 7.23. The Bertz CT molecular complexity index is 560. The lowest BCUT2D eigenvalue weighted by atomic mass is 9.94. The van der Waals surface area contributed by atoms with Gasteiger partial charge in [0, 0.05) is 38.2 Å². The first-order valence-corrected chi connectivity index (χ1v) is 8.24. The minimum absolute atomic E-state index is 0.200. The van der Waals surface area contributed by atoms with E-state index in [0.29, 0.717) is 6.54 Å². The third kappa shape index (κ3) is 3.79. The first-order valence-electron chi connectivity index (χ1n) is 8.24. The number of morpholine rings is 1. The van der Waals surface area contributed by atoms with Gasteiger partial charge in [-0.25, -0.2) is 9.97 Å². The number of aliphatic hydroxyl groups is 1. The highest BCUT2D eigenvalue weighted by molar-refractivity contribution is 5.77. The molecule has 3 heterocycles. The SMILES string of the molecule is Cc1nc(C2CCCN(C(=O)CO)C2)cc(N2CCOCC2)n1. The smallest absolute Gasteiger partial charge is 0.248 e. The maximum atomic E-state index is 11.7. The zero-order valence-corrected chi connectivity index (χ0v) is 13.6. The molecule has 0 bridgehead atoms. The van der Waals surface area contributed by atoms with Gasteiger partial charge in [0.1, 0.15) is 18.2 Å². The lowest BCUT2D eigenvalue weighted by Crippen LogP contribution is -2.41. The molecule has 0 aliphatic carbocycles. The Hall–Kier alpha value is -1.73. The molecule has 1 aromatic rings. The summed E-state index contributed by atoms with van der Waals surface area (Å²) in [5.74, 6) is 1.71. The normalized spacial score (nSPS) is 22.3. The molecule has 1 atom stereocenters. The molecule has 7 nitrogen and oxygen atoms in total. The molecule has 23 heavy (non-hydrogen) atoms. The highest BCUT2D eigenvalue weighted by Gasteiger charge is 2.26. The fraction of sp³-hybridized carbons (Fsp3) is 0.688. The summed E-state index contributed by atoms with van der Waals surface area (Å²) in [5, 5.41) is 9.07. The van der Waals surface area contributed by atoms with Gasteiger partial charge in [-0.15, -0.1) is 0 Å². The molecule has 1 aromatic heterocycles. The van der Waals surface area contributed by atoms with Gasteiger partial charge in [0.2, 0.25) is 5.91 Å². The molecule has 0 saturated carbocycles. The predicted octanol–water partition coefficient (Wildman–Crippen LogP) is 0.320. The summed E-state index contributed by atoms with van der Waals surface area (Å²) in [5.41, 5.74) is 0.995. The van der Waals surface area contributed by atoms with Crippen LogP contribution >= 0.6 is 0 Å². The quantitative estimate of drug-likeness (QED) is 0.864. The molecule has 1 unspecified atom stereocenters. The molecule has 0 aromatic carbocycles. The Balaban J connectivity index is 1.78. The summed E-state index contributed by atoms with van der Waals surface area (Å²) >= 11 is 0. The number of rotatable bonds is 3. The van der Waals surface area contributed by atoms with Crippen LogP contribution in [0.2, 0.25) is 0 Å². The van der Waals surface area contributed by atoms with Gasteiger partial charge in [0.25, 0.3) is 0 Å². The highest BCUT2D eigenvalue weighted by atomic mass is 16.5. The van der Waals surface area contributed by atoms with E-state index in [2.05, 4.69) is 20.9 Å². The zero-order chi connectivity index (χ0) is 16.2. The van der Waals surface area contributed by atoms with Crippen molar-refractivity contribution in [2.24, 2.45) is 0 Å². The van der Waals surface area contributed by atoms with E-state index in [4.69, 9.17) is 9.84 Å². The Morgan fingerprint density at radius 3 is 2.87 bits per heavy atom. The molecular formula is C16H24N4O3. The lowest BCUT2D eigenvalue weighted by molar-refractivity contribution is -0.135. The minimum atomic E-state index is -0.422. The van der Waals surface area contributed by atoms with Crippen LogP contribution in [0, 0.1) is 6.92 Å². The molecule has 3 rings (SSSR count). The number of piperidine rings is 1. The van der Waals surface area contributed by atoms with Crippen molar-refractivity contribution in [2.75, 3.05) is 50.9 Å². The van der Waals surface area contributed by atoms with Crippen molar-refractivity contribution >= 4 is 11.7 Å². The predicted molar refractivity (Wildman–Crippen MR) is 85.4 cm³/mol. The molecule has 2 aliphatic rings. The minimum Gasteiger partial charge on any atom is -0.387 e. The summed E-state index contributed by atoms with van der Waals surface area (Å²) in [6.07, 6.45) is 1.94. The molecule has 1 amide bonds. The molecule has 7 heteroatoms. The van der Waals surface area contributed by atoms with E-state index in [-0.39, 0.29) is 11.8 Å². The number of nitrogens with zero attached hydrogens (tertiary/aromatic N) is 4. The Kier molecular flexibility index (Phi) is 5.07. The van der Waals surface area contributed by atoms with Crippen LogP contribution in [0.4, 0.5) is 5.82 Å². The topological polar surface area (TPSA) is 78.8 Å². The molecule has 0 radical (unpaired) electrons. The summed E-state index contributed by atoms with van der Waals surface area (Å²) in [6.45, 7) is 5.96. The number of carbonyl (C=O) groups is 1.